The van der Waals surface area contributed by atoms with E-state index in [1.165, 1.54) is 0 Å². The molecule has 0 unspecified atom stereocenters. The Hall–Kier alpha value is -1.75. The third-order valence-electron chi connectivity index (χ3n) is 3.31. The van der Waals surface area contributed by atoms with E-state index in [1.54, 1.807) is 4.90 Å². The fraction of sp³-hybridized carbons (Fsp3) is 0.562. The number of carbonyl (C=O) groups excluding carboxylic acids is 1. The Balaban J connectivity index is 2.11. The fourth-order valence-electron chi connectivity index (χ4n) is 2.25. The molecule has 0 aliphatic carbocycles. The quantitative estimate of drug-likeness (QED) is 0.870. The van der Waals surface area contributed by atoms with Crippen LogP contribution >= 0.6 is 0 Å². The van der Waals surface area contributed by atoms with Crippen molar-refractivity contribution in [1.82, 2.24) is 4.90 Å². The van der Waals surface area contributed by atoms with Gasteiger partial charge < -0.3 is 15.2 Å². The number of amides is 1. The number of nitrogens with two attached hydrogens (primary N) is 1. The van der Waals surface area contributed by atoms with Crippen LogP contribution < -0.4 is 5.73 Å². The van der Waals surface area contributed by atoms with Crippen LogP contribution in [0.25, 0.3) is 0 Å². The summed E-state index contributed by atoms with van der Waals surface area (Å²) in [5.41, 5.74) is 6.94. The molecule has 5 heteroatoms. The van der Waals surface area contributed by atoms with Gasteiger partial charge in [0.1, 0.15) is 5.60 Å². The molecule has 0 radical (unpaired) electrons. The Kier molecular flexibility index (Phi) is 4.73. The van der Waals surface area contributed by atoms with Crippen molar-refractivity contribution >= 4 is 11.8 Å². The molecule has 2 rings (SSSR count). The molecule has 1 aliphatic heterocycles. The SMILES string of the molecule is CC(C)(C)OC(=O)N(Cc1ccc(N)cc1)[C@H]1CCOC1. The summed E-state index contributed by atoms with van der Waals surface area (Å²) >= 11 is 0. The summed E-state index contributed by atoms with van der Waals surface area (Å²) in [5, 5.41) is 0. The van der Waals surface area contributed by atoms with E-state index in [2.05, 4.69) is 0 Å². The van der Waals surface area contributed by atoms with Gasteiger partial charge in [0.25, 0.3) is 0 Å². The Morgan fingerprint density at radius 1 is 1.38 bits per heavy atom. The van der Waals surface area contributed by atoms with Gasteiger partial charge in [0.05, 0.1) is 12.6 Å². The van der Waals surface area contributed by atoms with Crippen LogP contribution in [0.1, 0.15) is 32.8 Å². The number of hydrogen-bond donors (Lipinski definition) is 1. The molecule has 2 N–H and O–H groups in total. The monoisotopic (exact) mass is 292 g/mol. The molecule has 1 aromatic carbocycles. The van der Waals surface area contributed by atoms with Gasteiger partial charge in [0.15, 0.2) is 0 Å². The van der Waals surface area contributed by atoms with Crippen LogP contribution in [-0.4, -0.2) is 35.8 Å². The number of ether oxygens (including phenoxy) is 2. The average molecular weight is 292 g/mol. The van der Waals surface area contributed by atoms with Crippen LogP contribution in [0.15, 0.2) is 24.3 Å². The van der Waals surface area contributed by atoms with E-state index in [0.717, 1.165) is 12.0 Å². The van der Waals surface area contributed by atoms with Crippen molar-refractivity contribution < 1.29 is 14.3 Å². The second-order valence-electron chi connectivity index (χ2n) is 6.37. The second-order valence-corrected chi connectivity index (χ2v) is 6.37. The Morgan fingerprint density at radius 2 is 2.05 bits per heavy atom. The summed E-state index contributed by atoms with van der Waals surface area (Å²) in [5.74, 6) is 0. The maximum absolute atomic E-state index is 12.4. The summed E-state index contributed by atoms with van der Waals surface area (Å²) in [6.07, 6.45) is 0.545. The van der Waals surface area contributed by atoms with E-state index >= 15 is 0 Å². The van der Waals surface area contributed by atoms with Crippen molar-refractivity contribution in [3.05, 3.63) is 29.8 Å². The highest BCUT2D eigenvalue weighted by atomic mass is 16.6. The lowest BCUT2D eigenvalue weighted by molar-refractivity contribution is 0.0126. The second kappa shape index (κ2) is 6.35. The molecular formula is C16H24N2O3. The molecule has 1 heterocycles. The first-order chi connectivity index (χ1) is 9.85. The molecule has 1 aliphatic rings. The summed E-state index contributed by atoms with van der Waals surface area (Å²) in [6.45, 7) is 7.37. The summed E-state index contributed by atoms with van der Waals surface area (Å²) < 4.78 is 10.9. The van der Waals surface area contributed by atoms with Crippen LogP contribution in [0.4, 0.5) is 10.5 Å². The lowest BCUT2D eigenvalue weighted by atomic mass is 10.1. The minimum atomic E-state index is -0.504. The van der Waals surface area contributed by atoms with E-state index in [4.69, 9.17) is 15.2 Å². The maximum Gasteiger partial charge on any atom is 0.410 e. The van der Waals surface area contributed by atoms with E-state index in [0.29, 0.717) is 25.4 Å². The number of hydrogen-bond acceptors (Lipinski definition) is 4. The number of rotatable bonds is 3. The third kappa shape index (κ3) is 4.63. The van der Waals surface area contributed by atoms with Gasteiger partial charge in [0.2, 0.25) is 0 Å². The zero-order valence-corrected chi connectivity index (χ0v) is 13.0. The predicted octanol–water partition coefficient (Wildman–Crippen LogP) is 2.79. The van der Waals surface area contributed by atoms with E-state index < -0.39 is 5.60 Å². The molecule has 116 valence electrons. The number of nitrogen functional groups attached to an aromatic ring is 1. The topological polar surface area (TPSA) is 64.8 Å². The third-order valence-corrected chi connectivity index (χ3v) is 3.31. The molecule has 0 spiro atoms. The lowest BCUT2D eigenvalue weighted by Crippen LogP contribution is -2.43. The first-order valence-electron chi connectivity index (χ1n) is 7.27. The molecule has 1 fully saturated rings. The molecule has 0 bridgehead atoms. The molecule has 1 aromatic rings. The normalized spacial score (nSPS) is 18.5. The Morgan fingerprint density at radius 3 is 2.57 bits per heavy atom. The first kappa shape index (κ1) is 15.6. The molecule has 1 saturated heterocycles. The van der Waals surface area contributed by atoms with Gasteiger partial charge in [-0.1, -0.05) is 12.1 Å². The van der Waals surface area contributed by atoms with Gasteiger partial charge in [-0.2, -0.15) is 0 Å². The van der Waals surface area contributed by atoms with Crippen LogP contribution in [0, 0.1) is 0 Å². The molecule has 21 heavy (non-hydrogen) atoms. The fourth-order valence-corrected chi connectivity index (χ4v) is 2.25. The van der Waals surface area contributed by atoms with Gasteiger partial charge >= 0.3 is 6.09 Å². The number of nitrogens with zero attached hydrogens (tertiary/aromatic N) is 1. The maximum atomic E-state index is 12.4. The van der Waals surface area contributed by atoms with Crippen molar-refractivity contribution in [1.29, 1.82) is 0 Å². The number of benzene rings is 1. The van der Waals surface area contributed by atoms with Crippen molar-refractivity contribution in [2.75, 3.05) is 18.9 Å². The highest BCUT2D eigenvalue weighted by Gasteiger charge is 2.30. The van der Waals surface area contributed by atoms with Crippen molar-refractivity contribution in [3.63, 3.8) is 0 Å². The zero-order valence-electron chi connectivity index (χ0n) is 13.0. The minimum absolute atomic E-state index is 0.0670. The van der Waals surface area contributed by atoms with Crippen molar-refractivity contribution in [2.24, 2.45) is 0 Å². The number of carbonyl (C=O) groups is 1. The summed E-state index contributed by atoms with van der Waals surface area (Å²) in [4.78, 5) is 14.2. The van der Waals surface area contributed by atoms with Crippen LogP contribution in [0.2, 0.25) is 0 Å². The minimum Gasteiger partial charge on any atom is -0.444 e. The molecule has 0 saturated carbocycles. The van der Waals surface area contributed by atoms with Gasteiger partial charge in [-0.3, -0.25) is 4.90 Å². The Labute approximate surface area is 126 Å². The highest BCUT2D eigenvalue weighted by Crippen LogP contribution is 2.20. The molecule has 1 amide bonds. The summed E-state index contributed by atoms with van der Waals surface area (Å²) in [6, 6.07) is 7.62. The van der Waals surface area contributed by atoms with Crippen molar-refractivity contribution in [2.45, 2.75) is 45.4 Å². The van der Waals surface area contributed by atoms with E-state index in [9.17, 15) is 4.79 Å². The average Bonchev–Trinajstić information content (AvgIpc) is 2.89. The van der Waals surface area contributed by atoms with Crippen LogP contribution in [0.5, 0.6) is 0 Å². The van der Waals surface area contributed by atoms with Gasteiger partial charge in [-0.25, -0.2) is 4.79 Å². The molecule has 1 atom stereocenters. The van der Waals surface area contributed by atoms with E-state index in [-0.39, 0.29) is 12.1 Å². The van der Waals surface area contributed by atoms with E-state index in [1.807, 2.05) is 45.0 Å². The zero-order chi connectivity index (χ0) is 15.5. The number of anilines is 1. The molecular weight excluding hydrogens is 268 g/mol. The standard InChI is InChI=1S/C16H24N2O3/c1-16(2,3)21-15(19)18(14-8-9-20-11-14)10-12-4-6-13(17)7-5-12/h4-7,14H,8-11,17H2,1-3H3/t14-/m0/s1. The van der Waals surface area contributed by atoms with Crippen LogP contribution in [-0.2, 0) is 16.0 Å². The smallest absolute Gasteiger partial charge is 0.410 e. The van der Waals surface area contributed by atoms with Crippen LogP contribution in [0.3, 0.4) is 0 Å². The Bertz CT molecular complexity index is 473. The highest BCUT2D eigenvalue weighted by molar-refractivity contribution is 5.68. The van der Waals surface area contributed by atoms with Crippen molar-refractivity contribution in [3.8, 4) is 0 Å². The molecule has 0 aromatic heterocycles. The predicted molar refractivity (Wildman–Crippen MR) is 81.9 cm³/mol. The molecule has 5 nitrogen and oxygen atoms in total. The van der Waals surface area contributed by atoms with Gasteiger partial charge in [0, 0.05) is 18.8 Å². The lowest BCUT2D eigenvalue weighted by Gasteiger charge is -2.31. The first-order valence-corrected chi connectivity index (χ1v) is 7.27. The van der Waals surface area contributed by atoms with Gasteiger partial charge in [-0.15, -0.1) is 0 Å². The largest absolute Gasteiger partial charge is 0.444 e. The van der Waals surface area contributed by atoms with Gasteiger partial charge in [-0.05, 0) is 44.9 Å². The summed E-state index contributed by atoms with van der Waals surface area (Å²) in [7, 11) is 0.